The molecule has 26 heavy (non-hydrogen) atoms. The third kappa shape index (κ3) is 8.14. The average molecular weight is 426 g/mol. The van der Waals surface area contributed by atoms with Gasteiger partial charge in [0.15, 0.2) is 12.7 Å². The number of alkyl halides is 10. The van der Waals surface area contributed by atoms with Crippen LogP contribution in [0.5, 0.6) is 0 Å². The van der Waals surface area contributed by atoms with Crippen LogP contribution in [0, 0.1) is 0 Å². The van der Waals surface area contributed by atoms with Gasteiger partial charge in [0.2, 0.25) is 0 Å². The monoisotopic (exact) mass is 426 g/mol. The molecule has 152 valence electrons. The maximum atomic E-state index is 13.7. The number of hydrogen-bond acceptors (Lipinski definition) is 5. The number of thiol groups is 1. The van der Waals surface area contributed by atoms with Crippen molar-refractivity contribution >= 4 is 24.6 Å². The normalized spacial score (nSPS) is 14.6. The van der Waals surface area contributed by atoms with E-state index >= 15 is 0 Å². The Morgan fingerprint density at radius 1 is 0.962 bits per heavy atom. The van der Waals surface area contributed by atoms with Crippen molar-refractivity contribution in [3.63, 3.8) is 0 Å². The topological polar surface area (TPSA) is 52.6 Å². The van der Waals surface area contributed by atoms with E-state index in [0.717, 1.165) is 0 Å². The number of esters is 2. The van der Waals surface area contributed by atoms with Crippen LogP contribution in [0.3, 0.4) is 0 Å². The minimum absolute atomic E-state index is 2.09. The molecule has 1 atom stereocenters. The second-order valence-corrected chi connectivity index (χ2v) is 5.21. The Kier molecular flexibility index (Phi) is 7.41. The first-order valence-corrected chi connectivity index (χ1v) is 6.41. The van der Waals surface area contributed by atoms with E-state index < -0.39 is 60.2 Å². The van der Waals surface area contributed by atoms with Gasteiger partial charge < -0.3 is 9.47 Å². The molecule has 1 unspecified atom stereocenters. The fourth-order valence-corrected chi connectivity index (χ4v) is 1.21. The molecular weight excluding hydrogens is 418 g/mol. The van der Waals surface area contributed by atoms with Gasteiger partial charge in [-0.15, -0.1) is 12.6 Å². The minimum Gasteiger partial charge on any atom is -0.454 e. The van der Waals surface area contributed by atoms with Gasteiger partial charge in [0.05, 0.1) is 6.42 Å². The zero-order valence-electron chi connectivity index (χ0n) is 12.1. The van der Waals surface area contributed by atoms with Gasteiger partial charge >= 0.3 is 35.5 Å². The molecule has 0 saturated carbocycles. The molecule has 0 fully saturated rings. The standard InChI is InChI=1S/C11H8F10O4S/c1-4(11(19,20)21)6(22)25-5(2-8(12,13)14)10(17,18)7(23)24-3-9(15,16)26/h5,26H,1-3H2. The molecule has 0 saturated heterocycles. The summed E-state index contributed by atoms with van der Waals surface area (Å²) in [6.45, 7) is 0.0290. The molecule has 0 rings (SSSR count). The summed E-state index contributed by atoms with van der Waals surface area (Å²) in [5, 5.41) is -4.13. The zero-order valence-corrected chi connectivity index (χ0v) is 13.0. The smallest absolute Gasteiger partial charge is 0.422 e. The number of halogens is 10. The van der Waals surface area contributed by atoms with Gasteiger partial charge in [0.25, 0.3) is 0 Å². The van der Waals surface area contributed by atoms with Crippen LogP contribution in [-0.4, -0.2) is 48.2 Å². The summed E-state index contributed by atoms with van der Waals surface area (Å²) in [5.41, 5.74) is -2.43. The van der Waals surface area contributed by atoms with Gasteiger partial charge in [0, 0.05) is 0 Å². The Balaban J connectivity index is 5.49. The van der Waals surface area contributed by atoms with Crippen molar-refractivity contribution in [3.05, 3.63) is 12.2 Å². The summed E-state index contributed by atoms with van der Waals surface area (Å²) in [4.78, 5) is 22.1. The molecule has 0 spiro atoms. The summed E-state index contributed by atoms with van der Waals surface area (Å²) < 4.78 is 132. The molecule has 0 aliphatic rings. The summed E-state index contributed by atoms with van der Waals surface area (Å²) >= 11 is 2.50. The van der Waals surface area contributed by atoms with Crippen molar-refractivity contribution in [2.24, 2.45) is 0 Å². The summed E-state index contributed by atoms with van der Waals surface area (Å²) in [6.07, 6.45) is -17.7. The first-order chi connectivity index (χ1) is 11.3. The van der Waals surface area contributed by atoms with E-state index in [4.69, 9.17) is 0 Å². The Morgan fingerprint density at radius 3 is 1.77 bits per heavy atom. The van der Waals surface area contributed by atoms with Gasteiger partial charge in [-0.1, -0.05) is 6.58 Å². The number of ether oxygens (including phenoxy) is 2. The predicted molar refractivity (Wildman–Crippen MR) is 65.6 cm³/mol. The fourth-order valence-electron chi connectivity index (χ4n) is 1.15. The molecule has 0 aliphatic heterocycles. The molecule has 0 aromatic carbocycles. The van der Waals surface area contributed by atoms with Gasteiger partial charge in [-0.2, -0.15) is 43.9 Å². The van der Waals surface area contributed by atoms with Crippen molar-refractivity contribution in [1.82, 2.24) is 0 Å². The van der Waals surface area contributed by atoms with E-state index in [1.54, 1.807) is 0 Å². The third-order valence-corrected chi connectivity index (χ3v) is 2.44. The van der Waals surface area contributed by atoms with Crippen LogP contribution in [-0.2, 0) is 19.1 Å². The van der Waals surface area contributed by atoms with Crippen molar-refractivity contribution in [2.45, 2.75) is 36.1 Å². The lowest BCUT2D eigenvalue weighted by molar-refractivity contribution is -0.222. The minimum atomic E-state index is -5.54. The fraction of sp³-hybridized carbons (Fsp3) is 0.636. The number of carbonyl (C=O) groups excluding carboxylic acids is 2. The summed E-state index contributed by atoms with van der Waals surface area (Å²) in [5.74, 6) is -11.1. The van der Waals surface area contributed by atoms with Crippen LogP contribution in [0.15, 0.2) is 12.2 Å². The molecule has 0 aromatic heterocycles. The van der Waals surface area contributed by atoms with Crippen LogP contribution < -0.4 is 0 Å². The van der Waals surface area contributed by atoms with Gasteiger partial charge in [-0.05, 0) is 0 Å². The molecule has 0 radical (unpaired) electrons. The number of rotatable bonds is 7. The molecule has 0 amide bonds. The Bertz CT molecular complexity index is 549. The number of carbonyl (C=O) groups is 2. The van der Waals surface area contributed by atoms with Crippen molar-refractivity contribution < 1.29 is 63.0 Å². The maximum Gasteiger partial charge on any atom is 0.422 e. The Hall–Kier alpha value is -1.67. The predicted octanol–water partition coefficient (Wildman–Crippen LogP) is 3.67. The second kappa shape index (κ2) is 7.92. The van der Waals surface area contributed by atoms with Crippen molar-refractivity contribution in [3.8, 4) is 0 Å². The molecule has 4 nitrogen and oxygen atoms in total. The van der Waals surface area contributed by atoms with E-state index in [-0.39, 0.29) is 0 Å². The molecule has 0 N–H and O–H groups in total. The Labute approximate surface area is 143 Å². The third-order valence-electron chi connectivity index (χ3n) is 2.31. The van der Waals surface area contributed by atoms with E-state index in [1.807, 2.05) is 0 Å². The van der Waals surface area contributed by atoms with E-state index in [9.17, 15) is 53.5 Å². The van der Waals surface area contributed by atoms with E-state index in [2.05, 4.69) is 28.7 Å². The van der Waals surface area contributed by atoms with Crippen LogP contribution in [0.1, 0.15) is 6.42 Å². The second-order valence-electron chi connectivity index (χ2n) is 4.55. The largest absolute Gasteiger partial charge is 0.454 e. The number of hydrogen-bond donors (Lipinski definition) is 1. The van der Waals surface area contributed by atoms with Gasteiger partial charge in [-0.25, -0.2) is 9.59 Å². The van der Waals surface area contributed by atoms with Crippen LogP contribution in [0.25, 0.3) is 0 Å². The molecule has 0 aromatic rings. The maximum absolute atomic E-state index is 13.7. The lowest BCUT2D eigenvalue weighted by atomic mass is 10.1. The van der Waals surface area contributed by atoms with Crippen molar-refractivity contribution in [2.75, 3.05) is 6.61 Å². The quantitative estimate of drug-likeness (QED) is 0.292. The first kappa shape index (κ1) is 24.3. The average Bonchev–Trinajstić information content (AvgIpc) is 2.39. The first-order valence-electron chi connectivity index (χ1n) is 5.96. The van der Waals surface area contributed by atoms with Crippen LogP contribution in [0.2, 0.25) is 0 Å². The molecular formula is C11H8F10O4S. The summed E-state index contributed by atoms with van der Waals surface area (Å²) in [7, 11) is 0. The van der Waals surface area contributed by atoms with Crippen molar-refractivity contribution in [1.29, 1.82) is 0 Å². The highest BCUT2D eigenvalue weighted by atomic mass is 32.1. The zero-order chi connectivity index (χ0) is 21.1. The van der Waals surface area contributed by atoms with E-state index in [1.165, 1.54) is 0 Å². The molecule has 15 heteroatoms. The van der Waals surface area contributed by atoms with Gasteiger partial charge in [0.1, 0.15) is 5.57 Å². The molecule has 0 heterocycles. The summed E-state index contributed by atoms with van der Waals surface area (Å²) in [6, 6.07) is 0. The molecule has 0 bridgehead atoms. The van der Waals surface area contributed by atoms with Crippen LogP contribution in [0.4, 0.5) is 43.9 Å². The lowest BCUT2D eigenvalue weighted by Crippen LogP contribution is -2.48. The highest BCUT2D eigenvalue weighted by molar-refractivity contribution is 7.81. The highest BCUT2D eigenvalue weighted by Crippen LogP contribution is 2.35. The van der Waals surface area contributed by atoms with Gasteiger partial charge in [-0.3, -0.25) is 0 Å². The Morgan fingerprint density at radius 2 is 1.42 bits per heavy atom. The molecule has 0 aliphatic carbocycles. The van der Waals surface area contributed by atoms with Crippen LogP contribution >= 0.6 is 12.6 Å². The lowest BCUT2D eigenvalue weighted by Gasteiger charge is -2.26. The highest BCUT2D eigenvalue weighted by Gasteiger charge is 2.56. The SMILES string of the molecule is C=C(C(=O)OC(CC(F)(F)F)C(F)(F)C(=O)OCC(F)(F)S)C(F)(F)F. The van der Waals surface area contributed by atoms with E-state index in [0.29, 0.717) is 0 Å².